The van der Waals surface area contributed by atoms with E-state index in [0.29, 0.717) is 31.2 Å². The van der Waals surface area contributed by atoms with Crippen molar-refractivity contribution >= 4 is 22.6 Å². The number of fused-ring (bicyclic) bond motifs is 1. The van der Waals surface area contributed by atoms with Gasteiger partial charge in [0.25, 0.3) is 5.91 Å². The highest BCUT2D eigenvalue weighted by atomic mass is 16.5. The van der Waals surface area contributed by atoms with Gasteiger partial charge in [0.15, 0.2) is 12.3 Å². The third-order valence-electron chi connectivity index (χ3n) is 5.24. The fraction of sp³-hybridized carbons (Fsp3) is 0.318. The van der Waals surface area contributed by atoms with Gasteiger partial charge in [0.05, 0.1) is 13.0 Å². The van der Waals surface area contributed by atoms with E-state index in [4.69, 9.17) is 13.9 Å². The number of benzene rings is 2. The second-order valence-electron chi connectivity index (χ2n) is 7.14. The minimum absolute atomic E-state index is 0.0486. The summed E-state index contributed by atoms with van der Waals surface area (Å²) in [6.45, 7) is 1.01. The Bertz CT molecular complexity index is 1080. The molecule has 8 nitrogen and oxygen atoms in total. The Labute approximate surface area is 173 Å². The zero-order valence-electron chi connectivity index (χ0n) is 16.9. The lowest BCUT2D eigenvalue weighted by molar-refractivity contribution is -0.124. The minimum atomic E-state index is -0.241. The summed E-state index contributed by atoms with van der Waals surface area (Å²) in [6, 6.07) is 11.6. The SMILES string of the molecule is CNC(=O)[C@H]1CCN(C(=O)c2coc(COc3ccc4ccc(OC)cc4c3)n2)C1. The van der Waals surface area contributed by atoms with Gasteiger partial charge in [-0.05, 0) is 41.5 Å². The van der Waals surface area contributed by atoms with Gasteiger partial charge in [0, 0.05) is 20.1 Å². The van der Waals surface area contributed by atoms with Gasteiger partial charge in [-0.15, -0.1) is 0 Å². The first-order chi connectivity index (χ1) is 14.6. The molecule has 0 unspecified atom stereocenters. The van der Waals surface area contributed by atoms with Gasteiger partial charge >= 0.3 is 0 Å². The summed E-state index contributed by atoms with van der Waals surface area (Å²) in [5.74, 6) is 1.28. The zero-order valence-corrected chi connectivity index (χ0v) is 16.9. The third-order valence-corrected chi connectivity index (χ3v) is 5.24. The fourth-order valence-electron chi connectivity index (χ4n) is 3.57. The number of amides is 2. The lowest BCUT2D eigenvalue weighted by Crippen LogP contribution is -2.33. The van der Waals surface area contributed by atoms with Crippen molar-refractivity contribution in [3.63, 3.8) is 0 Å². The monoisotopic (exact) mass is 409 g/mol. The van der Waals surface area contributed by atoms with Gasteiger partial charge in [0.2, 0.25) is 11.8 Å². The number of hydrogen-bond donors (Lipinski definition) is 1. The van der Waals surface area contributed by atoms with Gasteiger partial charge in [-0.2, -0.15) is 0 Å². The minimum Gasteiger partial charge on any atom is -0.497 e. The van der Waals surface area contributed by atoms with E-state index in [1.165, 1.54) is 6.26 Å². The van der Waals surface area contributed by atoms with Crippen LogP contribution >= 0.6 is 0 Å². The zero-order chi connectivity index (χ0) is 21.1. The third kappa shape index (κ3) is 4.07. The molecular formula is C22H23N3O5. The quantitative estimate of drug-likeness (QED) is 0.673. The largest absolute Gasteiger partial charge is 0.497 e. The number of ether oxygens (including phenoxy) is 2. The number of carbonyl (C=O) groups is 2. The number of carbonyl (C=O) groups excluding carboxylic acids is 2. The lowest BCUT2D eigenvalue weighted by Gasteiger charge is -2.14. The topological polar surface area (TPSA) is 93.9 Å². The number of aromatic nitrogens is 1. The number of likely N-dealkylation sites (tertiary alicyclic amines) is 1. The molecule has 1 aliphatic heterocycles. The maximum absolute atomic E-state index is 12.6. The molecule has 0 aliphatic carbocycles. The van der Waals surface area contributed by atoms with Crippen molar-refractivity contribution in [3.05, 3.63) is 54.2 Å². The summed E-state index contributed by atoms with van der Waals surface area (Å²) in [7, 11) is 3.23. The van der Waals surface area contributed by atoms with Crippen LogP contribution in [0, 0.1) is 5.92 Å². The van der Waals surface area contributed by atoms with E-state index in [9.17, 15) is 9.59 Å². The van der Waals surface area contributed by atoms with Crippen molar-refractivity contribution in [1.29, 1.82) is 0 Å². The van der Waals surface area contributed by atoms with Crippen LogP contribution in [-0.2, 0) is 11.4 Å². The molecule has 2 aromatic carbocycles. The molecule has 156 valence electrons. The summed E-state index contributed by atoms with van der Waals surface area (Å²) < 4.78 is 16.4. The summed E-state index contributed by atoms with van der Waals surface area (Å²) in [5, 5.41) is 4.70. The first kappa shape index (κ1) is 19.8. The average Bonchev–Trinajstić information content (AvgIpc) is 3.46. The number of nitrogens with zero attached hydrogens (tertiary/aromatic N) is 2. The molecule has 3 aromatic rings. The number of hydrogen-bond acceptors (Lipinski definition) is 6. The molecule has 1 aromatic heterocycles. The molecule has 0 spiro atoms. The Morgan fingerprint density at radius 1 is 1.20 bits per heavy atom. The van der Waals surface area contributed by atoms with Crippen molar-refractivity contribution in [2.75, 3.05) is 27.2 Å². The normalized spacial score (nSPS) is 15.9. The van der Waals surface area contributed by atoms with Gasteiger partial charge < -0.3 is 24.1 Å². The molecule has 1 atom stereocenters. The van der Waals surface area contributed by atoms with E-state index in [-0.39, 0.29) is 30.0 Å². The van der Waals surface area contributed by atoms with Gasteiger partial charge in [-0.25, -0.2) is 4.98 Å². The maximum atomic E-state index is 12.6. The van der Waals surface area contributed by atoms with Crippen molar-refractivity contribution in [3.8, 4) is 11.5 Å². The second-order valence-corrected chi connectivity index (χ2v) is 7.14. The molecular weight excluding hydrogens is 386 g/mol. The Morgan fingerprint density at radius 3 is 2.73 bits per heavy atom. The van der Waals surface area contributed by atoms with Crippen molar-refractivity contribution in [2.45, 2.75) is 13.0 Å². The Balaban J connectivity index is 1.38. The van der Waals surface area contributed by atoms with Gasteiger partial charge in [-0.3, -0.25) is 9.59 Å². The standard InChI is InChI=1S/C22H23N3O5/c1-23-21(26)15-7-8-25(11-15)22(27)19-12-30-20(24-19)13-29-18-6-4-14-3-5-17(28-2)9-16(14)10-18/h3-6,9-10,12,15H,7-8,11,13H2,1-2H3,(H,23,26)/t15-/m0/s1. The van der Waals surface area contributed by atoms with Crippen LogP contribution in [0.3, 0.4) is 0 Å². The van der Waals surface area contributed by atoms with Crippen LogP contribution in [0.25, 0.3) is 10.8 Å². The number of oxazole rings is 1. The van der Waals surface area contributed by atoms with E-state index >= 15 is 0 Å². The molecule has 0 saturated carbocycles. The van der Waals surface area contributed by atoms with Gasteiger partial charge in [-0.1, -0.05) is 12.1 Å². The Kier molecular flexibility index (Phi) is 5.56. The van der Waals surface area contributed by atoms with Crippen LogP contribution in [0.1, 0.15) is 22.8 Å². The molecule has 1 saturated heterocycles. The molecule has 1 fully saturated rings. The smallest absolute Gasteiger partial charge is 0.275 e. The molecule has 8 heteroatoms. The molecule has 30 heavy (non-hydrogen) atoms. The summed E-state index contributed by atoms with van der Waals surface area (Å²) in [6.07, 6.45) is 1.98. The lowest BCUT2D eigenvalue weighted by atomic mass is 10.1. The van der Waals surface area contributed by atoms with Crippen molar-refractivity contribution in [1.82, 2.24) is 15.2 Å². The highest BCUT2D eigenvalue weighted by Crippen LogP contribution is 2.25. The van der Waals surface area contributed by atoms with Crippen LogP contribution in [0.4, 0.5) is 0 Å². The van der Waals surface area contributed by atoms with Crippen LogP contribution in [-0.4, -0.2) is 48.9 Å². The molecule has 2 amide bonds. The van der Waals surface area contributed by atoms with E-state index in [0.717, 1.165) is 16.5 Å². The van der Waals surface area contributed by atoms with Crippen LogP contribution in [0.5, 0.6) is 11.5 Å². The molecule has 0 radical (unpaired) electrons. The predicted molar refractivity (Wildman–Crippen MR) is 109 cm³/mol. The van der Waals surface area contributed by atoms with E-state index in [2.05, 4.69) is 10.3 Å². The van der Waals surface area contributed by atoms with Crippen molar-refractivity contribution in [2.24, 2.45) is 5.92 Å². The van der Waals surface area contributed by atoms with Crippen LogP contribution < -0.4 is 14.8 Å². The molecule has 1 aliphatic rings. The molecule has 0 bridgehead atoms. The van der Waals surface area contributed by atoms with E-state index in [1.807, 2.05) is 36.4 Å². The Morgan fingerprint density at radius 2 is 1.97 bits per heavy atom. The average molecular weight is 409 g/mol. The van der Waals surface area contributed by atoms with E-state index in [1.54, 1.807) is 19.1 Å². The molecule has 4 rings (SSSR count). The highest BCUT2D eigenvalue weighted by molar-refractivity contribution is 5.93. The molecule has 1 N–H and O–H groups in total. The van der Waals surface area contributed by atoms with Gasteiger partial charge in [0.1, 0.15) is 17.8 Å². The fourth-order valence-corrected chi connectivity index (χ4v) is 3.57. The summed E-state index contributed by atoms with van der Waals surface area (Å²) in [4.78, 5) is 30.2. The number of rotatable bonds is 6. The van der Waals surface area contributed by atoms with Crippen LogP contribution in [0.15, 0.2) is 47.1 Å². The Hall–Kier alpha value is -3.55. The molecule has 2 heterocycles. The number of methoxy groups -OCH3 is 1. The second kappa shape index (κ2) is 8.44. The summed E-state index contributed by atoms with van der Waals surface area (Å²) in [5.41, 5.74) is 0.217. The maximum Gasteiger partial charge on any atom is 0.275 e. The number of nitrogens with one attached hydrogen (secondary N) is 1. The highest BCUT2D eigenvalue weighted by Gasteiger charge is 2.32. The first-order valence-corrected chi connectivity index (χ1v) is 9.73. The first-order valence-electron chi connectivity index (χ1n) is 9.73. The van der Waals surface area contributed by atoms with Crippen LogP contribution in [0.2, 0.25) is 0 Å². The van der Waals surface area contributed by atoms with E-state index < -0.39 is 0 Å². The van der Waals surface area contributed by atoms with Crippen molar-refractivity contribution < 1.29 is 23.5 Å². The predicted octanol–water partition coefficient (Wildman–Crippen LogP) is 2.62. The summed E-state index contributed by atoms with van der Waals surface area (Å²) >= 11 is 0.